The Morgan fingerprint density at radius 1 is 1.37 bits per heavy atom. The molecular weight excluding hydrogens is 410 g/mol. The van der Waals surface area contributed by atoms with Gasteiger partial charge in [-0.05, 0) is 12.8 Å². The van der Waals surface area contributed by atoms with E-state index in [2.05, 4.69) is 31.4 Å². The number of aromatic nitrogens is 5. The van der Waals surface area contributed by atoms with Gasteiger partial charge in [-0.15, -0.1) is 0 Å². The van der Waals surface area contributed by atoms with Crippen molar-refractivity contribution in [1.29, 1.82) is 5.26 Å². The van der Waals surface area contributed by atoms with Crippen LogP contribution in [0.5, 0.6) is 0 Å². The van der Waals surface area contributed by atoms with Crippen LogP contribution in [0.3, 0.4) is 0 Å². The zero-order valence-corrected chi connectivity index (χ0v) is 17.3. The first-order valence-electron chi connectivity index (χ1n) is 9.52. The number of hydrogen-bond donors (Lipinski definition) is 2. The van der Waals surface area contributed by atoms with E-state index in [1.54, 1.807) is 10.9 Å². The lowest BCUT2D eigenvalue weighted by atomic mass is 9.89. The van der Waals surface area contributed by atoms with E-state index < -0.39 is 15.6 Å². The summed E-state index contributed by atoms with van der Waals surface area (Å²) in [5.41, 5.74) is 5.85. The Morgan fingerprint density at radius 3 is 2.77 bits per heavy atom. The van der Waals surface area contributed by atoms with E-state index in [0.717, 1.165) is 19.1 Å². The molecule has 2 aliphatic rings. The van der Waals surface area contributed by atoms with E-state index in [4.69, 9.17) is 10.5 Å². The van der Waals surface area contributed by atoms with E-state index in [-0.39, 0.29) is 31.4 Å². The molecule has 0 aliphatic carbocycles. The van der Waals surface area contributed by atoms with Gasteiger partial charge in [0.05, 0.1) is 24.3 Å². The van der Waals surface area contributed by atoms with Gasteiger partial charge in [-0.25, -0.2) is 18.4 Å². The SMILES string of the molecule is CS(=O)(=O)N1CC(CC#N)(n2cc(-c3ncnc(NC4CCOCC4)n3)c(N)n2)C1. The highest BCUT2D eigenvalue weighted by molar-refractivity contribution is 7.88. The lowest BCUT2D eigenvalue weighted by molar-refractivity contribution is 0.0727. The maximum atomic E-state index is 11.8. The largest absolute Gasteiger partial charge is 0.382 e. The van der Waals surface area contributed by atoms with Crippen LogP contribution < -0.4 is 11.1 Å². The summed E-state index contributed by atoms with van der Waals surface area (Å²) >= 11 is 0. The molecule has 0 spiro atoms. The van der Waals surface area contributed by atoms with Gasteiger partial charge in [0.1, 0.15) is 11.9 Å². The molecule has 2 aromatic heterocycles. The predicted molar refractivity (Wildman–Crippen MR) is 108 cm³/mol. The molecule has 4 heterocycles. The van der Waals surface area contributed by atoms with Crippen LogP contribution in [0.4, 0.5) is 11.8 Å². The maximum absolute atomic E-state index is 11.8. The number of nitrogens with one attached hydrogen (secondary N) is 1. The van der Waals surface area contributed by atoms with Crippen molar-refractivity contribution >= 4 is 21.8 Å². The van der Waals surface area contributed by atoms with Crippen molar-refractivity contribution in [3.8, 4) is 17.5 Å². The highest BCUT2D eigenvalue weighted by atomic mass is 32.2. The van der Waals surface area contributed by atoms with Gasteiger partial charge in [0, 0.05) is 38.5 Å². The average molecular weight is 433 g/mol. The molecule has 160 valence electrons. The number of sulfonamides is 1. The zero-order valence-electron chi connectivity index (χ0n) is 16.5. The van der Waals surface area contributed by atoms with Gasteiger partial charge in [-0.2, -0.15) is 19.6 Å². The Kier molecular flexibility index (Phi) is 5.31. The Hall–Kier alpha value is -2.82. The second kappa shape index (κ2) is 7.78. The highest BCUT2D eigenvalue weighted by Gasteiger charge is 2.49. The number of anilines is 2. The summed E-state index contributed by atoms with van der Waals surface area (Å²) in [4.78, 5) is 12.8. The lowest BCUT2D eigenvalue weighted by Gasteiger charge is -2.47. The fraction of sp³-hybridized carbons (Fsp3) is 0.588. The molecule has 2 saturated heterocycles. The first kappa shape index (κ1) is 20.5. The maximum Gasteiger partial charge on any atom is 0.226 e. The van der Waals surface area contributed by atoms with E-state index in [9.17, 15) is 13.7 Å². The molecule has 30 heavy (non-hydrogen) atoms. The van der Waals surface area contributed by atoms with E-state index in [1.807, 2.05) is 0 Å². The van der Waals surface area contributed by atoms with Crippen molar-refractivity contribution < 1.29 is 13.2 Å². The number of ether oxygens (including phenoxy) is 1. The van der Waals surface area contributed by atoms with Gasteiger partial charge in [0.2, 0.25) is 16.0 Å². The van der Waals surface area contributed by atoms with Gasteiger partial charge in [-0.3, -0.25) is 4.68 Å². The molecule has 0 aromatic carbocycles. The Morgan fingerprint density at radius 2 is 2.10 bits per heavy atom. The average Bonchev–Trinajstić information content (AvgIpc) is 3.06. The molecule has 13 heteroatoms. The van der Waals surface area contributed by atoms with Crippen molar-refractivity contribution in [2.75, 3.05) is 43.6 Å². The Balaban J connectivity index is 1.58. The summed E-state index contributed by atoms with van der Waals surface area (Å²) in [5.74, 6) is 1.00. The molecule has 3 N–H and O–H groups in total. The summed E-state index contributed by atoms with van der Waals surface area (Å²) in [7, 11) is -3.34. The quantitative estimate of drug-likeness (QED) is 0.622. The third-order valence-electron chi connectivity index (χ3n) is 5.41. The van der Waals surface area contributed by atoms with Crippen LogP contribution in [0.2, 0.25) is 0 Å². The van der Waals surface area contributed by atoms with Gasteiger partial charge >= 0.3 is 0 Å². The summed E-state index contributed by atoms with van der Waals surface area (Å²) in [5, 5.41) is 16.9. The van der Waals surface area contributed by atoms with Crippen LogP contribution in [0.1, 0.15) is 19.3 Å². The van der Waals surface area contributed by atoms with E-state index >= 15 is 0 Å². The molecule has 0 saturated carbocycles. The Labute approximate surface area is 174 Å². The lowest BCUT2D eigenvalue weighted by Crippen LogP contribution is -2.63. The number of nitriles is 1. The van der Waals surface area contributed by atoms with Gasteiger partial charge in [0.25, 0.3) is 0 Å². The topological polar surface area (TPSA) is 165 Å². The second-order valence-corrected chi connectivity index (χ2v) is 9.61. The van der Waals surface area contributed by atoms with Gasteiger partial charge in [0.15, 0.2) is 11.6 Å². The van der Waals surface area contributed by atoms with Crippen molar-refractivity contribution in [3.63, 3.8) is 0 Å². The third-order valence-corrected chi connectivity index (χ3v) is 6.61. The van der Waals surface area contributed by atoms with Crippen molar-refractivity contribution in [2.24, 2.45) is 0 Å². The minimum atomic E-state index is -3.34. The van der Waals surface area contributed by atoms with E-state index in [0.29, 0.717) is 30.5 Å². The van der Waals surface area contributed by atoms with Crippen LogP contribution in [-0.4, -0.2) is 76.1 Å². The third kappa shape index (κ3) is 3.93. The molecule has 0 amide bonds. The van der Waals surface area contributed by atoms with Crippen LogP contribution >= 0.6 is 0 Å². The summed E-state index contributed by atoms with van der Waals surface area (Å²) in [6, 6.07) is 2.35. The van der Waals surface area contributed by atoms with Gasteiger partial charge in [-0.1, -0.05) is 0 Å². The second-order valence-electron chi connectivity index (χ2n) is 7.63. The molecule has 0 bridgehead atoms. The van der Waals surface area contributed by atoms with Crippen LogP contribution in [0, 0.1) is 11.3 Å². The smallest absolute Gasteiger partial charge is 0.226 e. The van der Waals surface area contributed by atoms with E-state index in [1.165, 1.54) is 10.6 Å². The zero-order chi connectivity index (χ0) is 21.4. The normalized spacial score (nSPS) is 19.7. The number of nitrogens with zero attached hydrogens (tertiary/aromatic N) is 7. The number of nitrogens with two attached hydrogens (primary N) is 1. The fourth-order valence-electron chi connectivity index (χ4n) is 3.65. The fourth-order valence-corrected chi connectivity index (χ4v) is 4.60. The van der Waals surface area contributed by atoms with Crippen molar-refractivity contribution in [2.45, 2.75) is 30.8 Å². The highest BCUT2D eigenvalue weighted by Crippen LogP contribution is 2.36. The summed E-state index contributed by atoms with van der Waals surface area (Å²) < 4.78 is 31.8. The Bertz CT molecular complexity index is 1070. The van der Waals surface area contributed by atoms with Crippen LogP contribution in [0.25, 0.3) is 11.4 Å². The molecule has 4 rings (SSSR count). The predicted octanol–water partition coefficient (Wildman–Crippen LogP) is -0.208. The monoisotopic (exact) mass is 433 g/mol. The van der Waals surface area contributed by atoms with Gasteiger partial charge < -0.3 is 15.8 Å². The molecule has 2 fully saturated rings. The van der Waals surface area contributed by atoms with Crippen molar-refractivity contribution in [3.05, 3.63) is 12.5 Å². The minimum absolute atomic E-state index is 0.105. The van der Waals surface area contributed by atoms with Crippen LogP contribution in [-0.2, 0) is 20.3 Å². The van der Waals surface area contributed by atoms with Crippen LogP contribution in [0.15, 0.2) is 12.5 Å². The molecule has 0 radical (unpaired) electrons. The molecular formula is C17H23N9O3S. The number of hydrogen-bond acceptors (Lipinski definition) is 10. The molecule has 0 atom stereocenters. The number of nitrogen functional groups attached to an aromatic ring is 1. The molecule has 2 aromatic rings. The minimum Gasteiger partial charge on any atom is -0.382 e. The summed E-state index contributed by atoms with van der Waals surface area (Å²) in [6.45, 7) is 1.71. The van der Waals surface area contributed by atoms with Crippen molar-refractivity contribution in [1.82, 2.24) is 29.0 Å². The summed E-state index contributed by atoms with van der Waals surface area (Å²) in [6.07, 6.45) is 6.06. The number of rotatable bonds is 6. The standard InChI is InChI=1S/C17H23N9O3S/c1-30(27,28)25-9-17(10-25,4-5-18)26-8-13(14(19)24-26)15-20-11-21-16(23-15)22-12-2-6-29-7-3-12/h8,11-12H,2-4,6-7,9-10H2,1H3,(H2,19,24)(H,20,21,22,23). The molecule has 2 aliphatic heterocycles. The molecule has 0 unspecified atom stereocenters. The molecule has 12 nitrogen and oxygen atoms in total. The first-order valence-corrected chi connectivity index (χ1v) is 11.4. The first-order chi connectivity index (χ1) is 14.3.